The van der Waals surface area contributed by atoms with E-state index in [0.29, 0.717) is 17.0 Å². The Bertz CT molecular complexity index is 1500. The highest BCUT2D eigenvalue weighted by atomic mass is 32.2. The highest BCUT2D eigenvalue weighted by Crippen LogP contribution is 2.37. The predicted molar refractivity (Wildman–Crippen MR) is 137 cm³/mol. The van der Waals surface area contributed by atoms with Gasteiger partial charge in [0.2, 0.25) is 0 Å². The van der Waals surface area contributed by atoms with E-state index in [9.17, 15) is 26.4 Å². The Morgan fingerprint density at radius 1 is 0.946 bits per heavy atom. The van der Waals surface area contributed by atoms with Gasteiger partial charge in [-0.1, -0.05) is 26.8 Å². The number of sulfonamides is 1. The minimum Gasteiger partial charge on any atom is -0.496 e. The maximum atomic E-state index is 13.0. The number of ether oxygens (including phenoxy) is 1. The van der Waals surface area contributed by atoms with E-state index in [1.54, 1.807) is 19.3 Å². The zero-order valence-corrected chi connectivity index (χ0v) is 21.3. The first-order chi connectivity index (χ1) is 17.2. The molecule has 0 spiro atoms. The van der Waals surface area contributed by atoms with Crippen molar-refractivity contribution in [2.75, 3.05) is 17.1 Å². The molecule has 1 heterocycles. The summed E-state index contributed by atoms with van der Waals surface area (Å²) in [4.78, 5) is 12.6. The molecule has 0 unspecified atom stereocenters. The van der Waals surface area contributed by atoms with E-state index in [4.69, 9.17) is 4.74 Å². The van der Waals surface area contributed by atoms with Gasteiger partial charge in [-0.25, -0.2) is 8.42 Å². The molecule has 2 N–H and O–H groups in total. The normalized spacial score (nSPS) is 14.9. The fraction of sp³-hybridized carbons (Fsp3) is 0.222. The summed E-state index contributed by atoms with van der Waals surface area (Å²) in [6.07, 6.45) is -2.85. The lowest BCUT2D eigenvalue weighted by Gasteiger charge is -2.22. The summed E-state index contributed by atoms with van der Waals surface area (Å²) < 4.78 is 72.1. The zero-order chi connectivity index (χ0) is 27.2. The summed E-state index contributed by atoms with van der Waals surface area (Å²) in [5.41, 5.74) is 1.68. The molecule has 3 aromatic carbocycles. The average molecular weight is 531 g/mol. The van der Waals surface area contributed by atoms with Crippen LogP contribution in [0.5, 0.6) is 5.75 Å². The number of hydrogen-bond acceptors (Lipinski definition) is 4. The summed E-state index contributed by atoms with van der Waals surface area (Å²) in [5.74, 6) is 0.335. The van der Waals surface area contributed by atoms with Gasteiger partial charge in [-0.3, -0.25) is 9.52 Å². The molecule has 0 radical (unpaired) electrons. The van der Waals surface area contributed by atoms with Gasteiger partial charge in [0, 0.05) is 28.1 Å². The first-order valence-corrected chi connectivity index (χ1v) is 12.7. The second-order valence-corrected chi connectivity index (χ2v) is 11.3. The molecule has 0 bridgehead atoms. The SMILES string of the molecule is COc1ccc(C=C2C(=O)Nc3ccc(S(=O)(=O)Nc4ccc(C(F)(F)F)cc4)cc32)cc1C(C)(C)C. The van der Waals surface area contributed by atoms with Crippen LogP contribution in [-0.4, -0.2) is 21.4 Å². The Morgan fingerprint density at radius 2 is 1.62 bits per heavy atom. The molecule has 0 aliphatic carbocycles. The lowest BCUT2D eigenvalue weighted by atomic mass is 9.85. The smallest absolute Gasteiger partial charge is 0.416 e. The molecule has 10 heteroatoms. The van der Waals surface area contributed by atoms with Crippen LogP contribution in [-0.2, 0) is 26.4 Å². The summed E-state index contributed by atoms with van der Waals surface area (Å²) in [7, 11) is -2.56. The minimum atomic E-state index is -4.53. The monoisotopic (exact) mass is 530 g/mol. The number of rotatable bonds is 5. The number of nitrogens with one attached hydrogen (secondary N) is 2. The minimum absolute atomic E-state index is 0.0218. The number of alkyl halides is 3. The number of carbonyl (C=O) groups is 1. The predicted octanol–water partition coefficient (Wildman–Crippen LogP) is 6.31. The van der Waals surface area contributed by atoms with Gasteiger partial charge in [-0.05, 0) is 71.7 Å². The largest absolute Gasteiger partial charge is 0.496 e. The summed E-state index contributed by atoms with van der Waals surface area (Å²) >= 11 is 0. The highest BCUT2D eigenvalue weighted by Gasteiger charge is 2.31. The second-order valence-electron chi connectivity index (χ2n) is 9.61. The van der Waals surface area contributed by atoms with Gasteiger partial charge in [0.15, 0.2) is 0 Å². The molecule has 0 atom stereocenters. The fourth-order valence-corrected chi connectivity index (χ4v) is 5.07. The third-order valence-electron chi connectivity index (χ3n) is 5.89. The van der Waals surface area contributed by atoms with E-state index in [-0.39, 0.29) is 27.5 Å². The van der Waals surface area contributed by atoms with E-state index in [1.165, 1.54) is 18.2 Å². The molecule has 0 fully saturated rings. The summed E-state index contributed by atoms with van der Waals surface area (Å²) in [5, 5.41) is 2.73. The molecular formula is C27H25F3N2O4S. The Balaban J connectivity index is 1.68. The molecule has 3 aromatic rings. The van der Waals surface area contributed by atoms with Gasteiger partial charge in [-0.15, -0.1) is 0 Å². The maximum Gasteiger partial charge on any atom is 0.416 e. The third kappa shape index (κ3) is 5.48. The molecule has 194 valence electrons. The van der Waals surface area contributed by atoms with E-state index >= 15 is 0 Å². The molecule has 0 saturated heterocycles. The quantitative estimate of drug-likeness (QED) is 0.379. The van der Waals surface area contributed by atoms with Crippen molar-refractivity contribution in [3.63, 3.8) is 0 Å². The number of carbonyl (C=O) groups excluding carboxylic acids is 1. The van der Waals surface area contributed by atoms with Crippen LogP contribution in [0.15, 0.2) is 65.6 Å². The van der Waals surface area contributed by atoms with E-state index in [1.807, 2.05) is 32.9 Å². The highest BCUT2D eigenvalue weighted by molar-refractivity contribution is 7.92. The maximum absolute atomic E-state index is 13.0. The number of fused-ring (bicyclic) bond motifs is 1. The van der Waals surface area contributed by atoms with Crippen molar-refractivity contribution in [1.29, 1.82) is 0 Å². The number of anilines is 2. The van der Waals surface area contributed by atoms with Crippen LogP contribution in [0, 0.1) is 0 Å². The number of halogens is 3. The van der Waals surface area contributed by atoms with Crippen molar-refractivity contribution in [3.05, 3.63) is 82.9 Å². The molecule has 4 rings (SSSR count). The third-order valence-corrected chi connectivity index (χ3v) is 7.27. The lowest BCUT2D eigenvalue weighted by Crippen LogP contribution is -2.13. The molecule has 1 aliphatic rings. The van der Waals surface area contributed by atoms with Crippen LogP contribution in [0.1, 0.15) is 43.0 Å². The Morgan fingerprint density at radius 3 is 2.22 bits per heavy atom. The van der Waals surface area contributed by atoms with Crippen molar-refractivity contribution in [3.8, 4) is 5.75 Å². The Hall–Kier alpha value is -3.79. The van der Waals surface area contributed by atoms with Crippen molar-refractivity contribution in [2.45, 2.75) is 37.3 Å². The molecule has 0 saturated carbocycles. The van der Waals surface area contributed by atoms with Gasteiger partial charge >= 0.3 is 6.18 Å². The molecule has 0 aromatic heterocycles. The standard InChI is InChI=1S/C27H25F3N2O4S/c1-26(2,3)22-14-16(5-12-24(22)36-4)13-21-20-15-19(10-11-23(20)31-25(21)33)37(34,35)32-18-8-6-17(7-9-18)27(28,29)30/h5-15,32H,1-4H3,(H,31,33). The molecule has 1 aliphatic heterocycles. The number of methoxy groups -OCH3 is 1. The molecule has 6 nitrogen and oxygen atoms in total. The lowest BCUT2D eigenvalue weighted by molar-refractivity contribution is -0.137. The number of amides is 1. The first kappa shape index (κ1) is 26.3. The number of benzene rings is 3. The molecule has 37 heavy (non-hydrogen) atoms. The summed E-state index contributed by atoms with van der Waals surface area (Å²) in [6, 6.07) is 13.4. The number of hydrogen-bond donors (Lipinski definition) is 2. The average Bonchev–Trinajstić information content (AvgIpc) is 3.12. The first-order valence-electron chi connectivity index (χ1n) is 11.2. The second kappa shape index (κ2) is 9.26. The van der Waals surface area contributed by atoms with Crippen LogP contribution < -0.4 is 14.8 Å². The fourth-order valence-electron chi connectivity index (χ4n) is 3.99. The van der Waals surface area contributed by atoms with Gasteiger partial charge in [0.05, 0.1) is 17.6 Å². The van der Waals surface area contributed by atoms with Crippen molar-refractivity contribution in [1.82, 2.24) is 0 Å². The van der Waals surface area contributed by atoms with Crippen molar-refractivity contribution in [2.24, 2.45) is 0 Å². The topological polar surface area (TPSA) is 84.5 Å². The van der Waals surface area contributed by atoms with Crippen LogP contribution in [0.4, 0.5) is 24.5 Å². The van der Waals surface area contributed by atoms with Crippen LogP contribution in [0.3, 0.4) is 0 Å². The van der Waals surface area contributed by atoms with Gasteiger partial charge in [0.1, 0.15) is 5.75 Å². The van der Waals surface area contributed by atoms with Crippen LogP contribution >= 0.6 is 0 Å². The van der Waals surface area contributed by atoms with E-state index < -0.39 is 21.8 Å². The van der Waals surface area contributed by atoms with Gasteiger partial charge in [-0.2, -0.15) is 13.2 Å². The van der Waals surface area contributed by atoms with Gasteiger partial charge in [0.25, 0.3) is 15.9 Å². The van der Waals surface area contributed by atoms with Crippen molar-refractivity contribution >= 4 is 39.0 Å². The Kier molecular flexibility index (Phi) is 6.58. The van der Waals surface area contributed by atoms with Crippen LogP contribution in [0.25, 0.3) is 11.6 Å². The van der Waals surface area contributed by atoms with E-state index in [0.717, 1.165) is 35.4 Å². The summed E-state index contributed by atoms with van der Waals surface area (Å²) in [6.45, 7) is 6.13. The van der Waals surface area contributed by atoms with Crippen molar-refractivity contribution < 1.29 is 31.1 Å². The zero-order valence-electron chi connectivity index (χ0n) is 20.5. The molecule has 1 amide bonds. The molecular weight excluding hydrogens is 505 g/mol. The van der Waals surface area contributed by atoms with Gasteiger partial charge < -0.3 is 10.1 Å². The van der Waals surface area contributed by atoms with Crippen LogP contribution in [0.2, 0.25) is 0 Å². The van der Waals surface area contributed by atoms with E-state index in [2.05, 4.69) is 10.0 Å². The Labute approximate surface area is 213 Å².